The van der Waals surface area contributed by atoms with Crippen LogP contribution in [0.4, 0.5) is 4.39 Å². The number of halogens is 2. The average molecular weight is 314 g/mol. The summed E-state index contributed by atoms with van der Waals surface area (Å²) in [6, 6.07) is 6.74. The molecule has 0 aliphatic carbocycles. The van der Waals surface area contributed by atoms with Gasteiger partial charge in [-0.15, -0.1) is 11.3 Å². The number of aryl methyl sites for hydroxylation is 1. The van der Waals surface area contributed by atoms with Crippen LogP contribution in [-0.2, 0) is 6.42 Å². The van der Waals surface area contributed by atoms with Gasteiger partial charge in [-0.2, -0.15) is 0 Å². The van der Waals surface area contributed by atoms with Crippen molar-refractivity contribution in [3.8, 4) is 0 Å². The first-order chi connectivity index (χ1) is 8.08. The monoisotopic (exact) mass is 313 g/mol. The summed E-state index contributed by atoms with van der Waals surface area (Å²) in [6.45, 7) is 1.94. The smallest absolute Gasteiger partial charge is 0.128 e. The van der Waals surface area contributed by atoms with Crippen molar-refractivity contribution in [1.29, 1.82) is 0 Å². The van der Waals surface area contributed by atoms with E-state index >= 15 is 0 Å². The molecular formula is C13H13BrFNS. The van der Waals surface area contributed by atoms with Gasteiger partial charge in [0.1, 0.15) is 5.82 Å². The van der Waals surface area contributed by atoms with Gasteiger partial charge in [-0.3, -0.25) is 0 Å². The Morgan fingerprint density at radius 1 is 1.41 bits per heavy atom. The van der Waals surface area contributed by atoms with E-state index in [2.05, 4.69) is 15.9 Å². The number of benzene rings is 1. The van der Waals surface area contributed by atoms with Crippen molar-refractivity contribution in [2.45, 2.75) is 19.4 Å². The van der Waals surface area contributed by atoms with E-state index in [4.69, 9.17) is 5.73 Å². The molecule has 90 valence electrons. The van der Waals surface area contributed by atoms with Gasteiger partial charge in [0.05, 0.1) is 0 Å². The number of hydrogen-bond acceptors (Lipinski definition) is 2. The molecule has 1 nitrogen and oxygen atoms in total. The number of thiophene rings is 1. The van der Waals surface area contributed by atoms with E-state index in [9.17, 15) is 4.39 Å². The lowest BCUT2D eigenvalue weighted by atomic mass is 10.0. The Morgan fingerprint density at radius 2 is 2.18 bits per heavy atom. The lowest BCUT2D eigenvalue weighted by Gasteiger charge is -2.13. The van der Waals surface area contributed by atoms with Gasteiger partial charge in [0.15, 0.2) is 0 Å². The molecule has 2 aromatic rings. The first-order valence-electron chi connectivity index (χ1n) is 5.31. The van der Waals surface area contributed by atoms with Gasteiger partial charge < -0.3 is 5.73 Å². The highest BCUT2D eigenvalue weighted by atomic mass is 79.9. The van der Waals surface area contributed by atoms with Crippen LogP contribution < -0.4 is 5.73 Å². The minimum absolute atomic E-state index is 0.226. The van der Waals surface area contributed by atoms with E-state index in [0.717, 1.165) is 14.9 Å². The van der Waals surface area contributed by atoms with Crippen LogP contribution in [0.25, 0.3) is 0 Å². The van der Waals surface area contributed by atoms with E-state index in [1.165, 1.54) is 6.07 Å². The SMILES string of the molecule is Cc1ccc(F)c(C(N)Cc2sccc2Br)c1. The van der Waals surface area contributed by atoms with Crippen LogP contribution in [0, 0.1) is 12.7 Å². The van der Waals surface area contributed by atoms with Crippen LogP contribution in [0.15, 0.2) is 34.1 Å². The van der Waals surface area contributed by atoms with E-state index in [0.29, 0.717) is 12.0 Å². The Balaban J connectivity index is 2.23. The van der Waals surface area contributed by atoms with E-state index in [1.54, 1.807) is 17.4 Å². The van der Waals surface area contributed by atoms with Crippen molar-refractivity contribution >= 4 is 27.3 Å². The Bertz CT molecular complexity index is 524. The molecule has 1 unspecified atom stereocenters. The minimum Gasteiger partial charge on any atom is -0.324 e. The fourth-order valence-electron chi connectivity index (χ4n) is 1.73. The third-order valence-electron chi connectivity index (χ3n) is 2.65. The van der Waals surface area contributed by atoms with E-state index in [-0.39, 0.29) is 11.9 Å². The van der Waals surface area contributed by atoms with Crippen molar-refractivity contribution in [3.05, 3.63) is 55.9 Å². The van der Waals surface area contributed by atoms with Crippen molar-refractivity contribution in [2.24, 2.45) is 5.73 Å². The highest BCUT2D eigenvalue weighted by Gasteiger charge is 2.14. The quantitative estimate of drug-likeness (QED) is 0.903. The van der Waals surface area contributed by atoms with Gasteiger partial charge >= 0.3 is 0 Å². The molecule has 0 saturated carbocycles. The molecule has 0 amide bonds. The molecule has 0 fully saturated rings. The number of nitrogens with two attached hydrogens (primary N) is 1. The zero-order chi connectivity index (χ0) is 12.4. The molecule has 0 bridgehead atoms. The molecule has 2 N–H and O–H groups in total. The largest absolute Gasteiger partial charge is 0.324 e. The topological polar surface area (TPSA) is 26.0 Å². The Morgan fingerprint density at radius 3 is 2.82 bits per heavy atom. The highest BCUT2D eigenvalue weighted by Crippen LogP contribution is 2.28. The summed E-state index contributed by atoms with van der Waals surface area (Å²) < 4.78 is 14.7. The van der Waals surface area contributed by atoms with Crippen LogP contribution in [0.3, 0.4) is 0 Å². The Kier molecular flexibility index (Phi) is 3.97. The second-order valence-corrected chi connectivity index (χ2v) is 5.88. The predicted molar refractivity (Wildman–Crippen MR) is 73.8 cm³/mol. The van der Waals surface area contributed by atoms with Crippen molar-refractivity contribution in [1.82, 2.24) is 0 Å². The molecule has 17 heavy (non-hydrogen) atoms. The normalized spacial score (nSPS) is 12.7. The summed E-state index contributed by atoms with van der Waals surface area (Å²) >= 11 is 5.09. The molecule has 0 aliphatic heterocycles. The summed E-state index contributed by atoms with van der Waals surface area (Å²) in [5, 5.41) is 2.00. The number of hydrogen-bond donors (Lipinski definition) is 1. The molecule has 0 radical (unpaired) electrons. The summed E-state index contributed by atoms with van der Waals surface area (Å²) in [7, 11) is 0. The Labute approximate surface area is 113 Å². The standard InChI is InChI=1S/C13H13BrFNS/c1-8-2-3-11(15)9(6-8)12(16)7-13-10(14)4-5-17-13/h2-6,12H,7,16H2,1H3. The summed E-state index contributed by atoms with van der Waals surface area (Å²) in [6.07, 6.45) is 0.651. The lowest BCUT2D eigenvalue weighted by Crippen LogP contribution is -2.14. The van der Waals surface area contributed by atoms with Gasteiger partial charge in [0.25, 0.3) is 0 Å². The summed E-state index contributed by atoms with van der Waals surface area (Å²) in [5.41, 5.74) is 7.69. The minimum atomic E-state index is -0.301. The number of rotatable bonds is 3. The zero-order valence-corrected chi connectivity index (χ0v) is 11.8. The van der Waals surface area contributed by atoms with Crippen molar-refractivity contribution in [3.63, 3.8) is 0 Å². The third-order valence-corrected chi connectivity index (χ3v) is 4.60. The molecule has 0 saturated heterocycles. The van der Waals surface area contributed by atoms with E-state index < -0.39 is 0 Å². The molecule has 0 aliphatic rings. The van der Waals surface area contributed by atoms with Crippen LogP contribution in [0.5, 0.6) is 0 Å². The van der Waals surface area contributed by atoms with Gasteiger partial charge in [-0.25, -0.2) is 4.39 Å². The van der Waals surface area contributed by atoms with Gasteiger partial charge in [-0.1, -0.05) is 17.7 Å². The maximum atomic E-state index is 13.7. The first-order valence-corrected chi connectivity index (χ1v) is 6.98. The zero-order valence-electron chi connectivity index (χ0n) is 9.41. The van der Waals surface area contributed by atoms with Crippen molar-refractivity contribution in [2.75, 3.05) is 0 Å². The fourth-order valence-corrected chi connectivity index (χ4v) is 3.30. The van der Waals surface area contributed by atoms with Crippen LogP contribution in [-0.4, -0.2) is 0 Å². The molecule has 1 aromatic heterocycles. The molecule has 1 atom stereocenters. The molecular weight excluding hydrogens is 301 g/mol. The maximum Gasteiger partial charge on any atom is 0.128 e. The van der Waals surface area contributed by atoms with E-state index in [1.807, 2.05) is 24.4 Å². The molecule has 2 rings (SSSR count). The van der Waals surface area contributed by atoms with Crippen molar-refractivity contribution < 1.29 is 4.39 Å². The Hall–Kier alpha value is -0.710. The first kappa shape index (κ1) is 12.7. The van der Waals surface area contributed by atoms with Gasteiger partial charge in [-0.05, 0) is 40.4 Å². The molecule has 0 spiro atoms. The van der Waals surface area contributed by atoms with Gasteiger partial charge in [0.2, 0.25) is 0 Å². The second kappa shape index (κ2) is 5.29. The summed E-state index contributed by atoms with van der Waals surface area (Å²) in [4.78, 5) is 1.15. The van der Waals surface area contributed by atoms with Crippen LogP contribution in [0.1, 0.15) is 22.0 Å². The maximum absolute atomic E-state index is 13.7. The lowest BCUT2D eigenvalue weighted by molar-refractivity contribution is 0.580. The molecule has 1 heterocycles. The fraction of sp³-hybridized carbons (Fsp3) is 0.231. The average Bonchev–Trinajstić information content (AvgIpc) is 2.68. The van der Waals surface area contributed by atoms with Gasteiger partial charge in [0, 0.05) is 27.4 Å². The predicted octanol–water partition coefficient (Wildman–Crippen LogP) is 4.20. The molecule has 1 aromatic carbocycles. The highest BCUT2D eigenvalue weighted by molar-refractivity contribution is 9.10. The summed E-state index contributed by atoms with van der Waals surface area (Å²) in [5.74, 6) is -0.226. The second-order valence-electron chi connectivity index (χ2n) is 4.03. The third kappa shape index (κ3) is 2.94. The van der Waals surface area contributed by atoms with Crippen LogP contribution >= 0.6 is 27.3 Å². The molecule has 4 heteroatoms. The van der Waals surface area contributed by atoms with Crippen LogP contribution in [0.2, 0.25) is 0 Å².